The Bertz CT molecular complexity index is 494. The number of aromatic hydroxyl groups is 1. The molecule has 3 heteroatoms. The average Bonchev–Trinajstić information content (AvgIpc) is 2.42. The summed E-state index contributed by atoms with van der Waals surface area (Å²) in [6.45, 7) is 0. The summed E-state index contributed by atoms with van der Waals surface area (Å²) in [6.07, 6.45) is 0. The smallest absolute Gasteiger partial charge is 0.119 e. The number of hydrogen-bond donors (Lipinski definition) is 1. The van der Waals surface area contributed by atoms with Gasteiger partial charge in [0.05, 0.1) is 7.11 Å². The zero-order valence-corrected chi connectivity index (χ0v) is 11.1. The van der Waals surface area contributed by atoms with Gasteiger partial charge in [0, 0.05) is 17.1 Å². The van der Waals surface area contributed by atoms with Crippen LogP contribution in [0.2, 0.25) is 0 Å². The fourth-order valence-electron chi connectivity index (χ4n) is 1.63. The van der Waals surface area contributed by atoms with E-state index < -0.39 is 0 Å². The fraction of sp³-hybridized carbons (Fsp3) is 0.200. The summed E-state index contributed by atoms with van der Waals surface area (Å²) < 4.78 is 5.12. The average molecular weight is 260 g/mol. The van der Waals surface area contributed by atoms with Crippen molar-refractivity contribution in [3.63, 3.8) is 0 Å². The van der Waals surface area contributed by atoms with Gasteiger partial charge in [0.15, 0.2) is 0 Å². The quantitative estimate of drug-likeness (QED) is 0.886. The molecule has 2 rings (SSSR count). The Balaban J connectivity index is 1.86. The maximum Gasteiger partial charge on any atom is 0.119 e. The summed E-state index contributed by atoms with van der Waals surface area (Å²) in [6, 6.07) is 15.5. The first-order valence-electron chi connectivity index (χ1n) is 5.77. The fourth-order valence-corrected chi connectivity index (χ4v) is 2.63. The Kier molecular flexibility index (Phi) is 4.53. The number of hydrogen-bond acceptors (Lipinski definition) is 3. The van der Waals surface area contributed by atoms with E-state index in [1.807, 2.05) is 30.3 Å². The highest BCUT2D eigenvalue weighted by Crippen LogP contribution is 2.24. The van der Waals surface area contributed by atoms with E-state index in [4.69, 9.17) is 4.74 Å². The van der Waals surface area contributed by atoms with Crippen molar-refractivity contribution in [3.8, 4) is 11.5 Å². The molecular weight excluding hydrogens is 244 g/mol. The topological polar surface area (TPSA) is 29.5 Å². The SMILES string of the molecule is COc1ccc(CSCc2ccccc2O)cc1. The van der Waals surface area contributed by atoms with Crippen molar-refractivity contribution in [3.05, 3.63) is 59.7 Å². The Labute approximate surface area is 112 Å². The predicted molar refractivity (Wildman–Crippen MR) is 76.1 cm³/mol. The van der Waals surface area contributed by atoms with Gasteiger partial charge in [0.25, 0.3) is 0 Å². The third-order valence-electron chi connectivity index (χ3n) is 2.68. The first-order valence-corrected chi connectivity index (χ1v) is 6.92. The maximum atomic E-state index is 9.65. The van der Waals surface area contributed by atoms with Crippen LogP contribution in [-0.4, -0.2) is 12.2 Å². The van der Waals surface area contributed by atoms with Crippen molar-refractivity contribution in [2.75, 3.05) is 7.11 Å². The molecule has 94 valence electrons. The molecule has 0 aliphatic heterocycles. The highest BCUT2D eigenvalue weighted by atomic mass is 32.2. The van der Waals surface area contributed by atoms with Crippen molar-refractivity contribution < 1.29 is 9.84 Å². The minimum Gasteiger partial charge on any atom is -0.508 e. The van der Waals surface area contributed by atoms with Crippen molar-refractivity contribution in [1.29, 1.82) is 0 Å². The Morgan fingerprint density at radius 2 is 1.72 bits per heavy atom. The molecule has 0 radical (unpaired) electrons. The van der Waals surface area contributed by atoms with Gasteiger partial charge in [-0.2, -0.15) is 11.8 Å². The monoisotopic (exact) mass is 260 g/mol. The number of methoxy groups -OCH3 is 1. The molecule has 0 atom stereocenters. The van der Waals surface area contributed by atoms with Gasteiger partial charge in [0.2, 0.25) is 0 Å². The highest BCUT2D eigenvalue weighted by molar-refractivity contribution is 7.97. The Morgan fingerprint density at radius 3 is 2.39 bits per heavy atom. The molecule has 2 aromatic rings. The van der Waals surface area contributed by atoms with Gasteiger partial charge in [-0.15, -0.1) is 0 Å². The van der Waals surface area contributed by atoms with Crippen LogP contribution in [-0.2, 0) is 11.5 Å². The lowest BCUT2D eigenvalue weighted by atomic mass is 10.2. The normalized spacial score (nSPS) is 10.3. The minimum absolute atomic E-state index is 0.375. The van der Waals surface area contributed by atoms with Crippen LogP contribution < -0.4 is 4.74 Å². The maximum absolute atomic E-state index is 9.65. The van der Waals surface area contributed by atoms with E-state index in [2.05, 4.69) is 12.1 Å². The highest BCUT2D eigenvalue weighted by Gasteiger charge is 2.00. The van der Waals surface area contributed by atoms with Crippen LogP contribution in [0.1, 0.15) is 11.1 Å². The molecule has 0 saturated heterocycles. The van der Waals surface area contributed by atoms with Gasteiger partial charge in [-0.25, -0.2) is 0 Å². The molecule has 0 spiro atoms. The second-order valence-electron chi connectivity index (χ2n) is 3.97. The van der Waals surface area contributed by atoms with Crippen LogP contribution >= 0.6 is 11.8 Å². The zero-order chi connectivity index (χ0) is 12.8. The number of phenolic OH excluding ortho intramolecular Hbond substituents is 1. The van der Waals surface area contributed by atoms with Crippen LogP contribution in [0.15, 0.2) is 48.5 Å². The van der Waals surface area contributed by atoms with E-state index in [0.717, 1.165) is 22.8 Å². The molecular formula is C15H16O2S. The largest absolute Gasteiger partial charge is 0.508 e. The van der Waals surface area contributed by atoms with Crippen LogP contribution in [0.25, 0.3) is 0 Å². The van der Waals surface area contributed by atoms with Crippen LogP contribution in [0.5, 0.6) is 11.5 Å². The first kappa shape index (κ1) is 12.8. The van der Waals surface area contributed by atoms with E-state index in [1.54, 1.807) is 24.9 Å². The number of rotatable bonds is 5. The van der Waals surface area contributed by atoms with Crippen LogP contribution in [0.3, 0.4) is 0 Å². The second-order valence-corrected chi connectivity index (χ2v) is 4.96. The van der Waals surface area contributed by atoms with Gasteiger partial charge in [0.1, 0.15) is 11.5 Å². The molecule has 0 aromatic heterocycles. The van der Waals surface area contributed by atoms with E-state index in [0.29, 0.717) is 5.75 Å². The van der Waals surface area contributed by atoms with E-state index >= 15 is 0 Å². The molecule has 2 nitrogen and oxygen atoms in total. The van der Waals surface area contributed by atoms with Crippen LogP contribution in [0.4, 0.5) is 0 Å². The number of para-hydroxylation sites is 1. The molecule has 0 bridgehead atoms. The lowest BCUT2D eigenvalue weighted by Gasteiger charge is -2.05. The Hall–Kier alpha value is -1.61. The predicted octanol–water partition coefficient (Wildman–Crippen LogP) is 3.83. The number of ether oxygens (including phenoxy) is 1. The van der Waals surface area contributed by atoms with Crippen LogP contribution in [0, 0.1) is 0 Å². The zero-order valence-electron chi connectivity index (χ0n) is 10.3. The lowest BCUT2D eigenvalue weighted by molar-refractivity contribution is 0.414. The van der Waals surface area contributed by atoms with E-state index in [-0.39, 0.29) is 0 Å². The van der Waals surface area contributed by atoms with E-state index in [9.17, 15) is 5.11 Å². The third kappa shape index (κ3) is 3.44. The number of thioether (sulfide) groups is 1. The van der Waals surface area contributed by atoms with Gasteiger partial charge in [-0.1, -0.05) is 30.3 Å². The molecule has 18 heavy (non-hydrogen) atoms. The van der Waals surface area contributed by atoms with Crippen molar-refractivity contribution in [2.45, 2.75) is 11.5 Å². The Morgan fingerprint density at radius 1 is 1.00 bits per heavy atom. The van der Waals surface area contributed by atoms with Gasteiger partial charge in [-0.05, 0) is 23.8 Å². The minimum atomic E-state index is 0.375. The van der Waals surface area contributed by atoms with Gasteiger partial charge < -0.3 is 9.84 Å². The molecule has 0 heterocycles. The standard InChI is InChI=1S/C15H16O2S/c1-17-14-8-6-12(7-9-14)10-18-11-13-4-2-3-5-15(13)16/h2-9,16H,10-11H2,1H3. The van der Waals surface area contributed by atoms with Crippen molar-refractivity contribution >= 4 is 11.8 Å². The van der Waals surface area contributed by atoms with Crippen molar-refractivity contribution in [2.24, 2.45) is 0 Å². The molecule has 0 unspecified atom stereocenters. The van der Waals surface area contributed by atoms with Gasteiger partial charge >= 0.3 is 0 Å². The summed E-state index contributed by atoms with van der Waals surface area (Å²) in [5.41, 5.74) is 2.24. The summed E-state index contributed by atoms with van der Waals surface area (Å²) in [4.78, 5) is 0. The first-order chi connectivity index (χ1) is 8.79. The summed E-state index contributed by atoms with van der Waals surface area (Å²) >= 11 is 1.79. The molecule has 0 aliphatic rings. The summed E-state index contributed by atoms with van der Waals surface area (Å²) in [5, 5.41) is 9.65. The molecule has 2 aromatic carbocycles. The van der Waals surface area contributed by atoms with Crippen molar-refractivity contribution in [1.82, 2.24) is 0 Å². The molecule has 0 fully saturated rings. The molecule has 1 N–H and O–H groups in total. The molecule has 0 saturated carbocycles. The van der Waals surface area contributed by atoms with Gasteiger partial charge in [-0.3, -0.25) is 0 Å². The summed E-state index contributed by atoms with van der Waals surface area (Å²) in [5.74, 6) is 3.00. The number of benzene rings is 2. The second kappa shape index (κ2) is 6.36. The summed E-state index contributed by atoms with van der Waals surface area (Å²) in [7, 11) is 1.67. The lowest BCUT2D eigenvalue weighted by Crippen LogP contribution is -1.86. The molecule has 0 aliphatic carbocycles. The number of phenols is 1. The van der Waals surface area contributed by atoms with E-state index in [1.165, 1.54) is 5.56 Å². The third-order valence-corrected chi connectivity index (χ3v) is 3.73. The molecule has 0 amide bonds.